The molecule has 0 aliphatic heterocycles. The van der Waals surface area contributed by atoms with Crippen molar-refractivity contribution in [3.8, 4) is 11.7 Å². The van der Waals surface area contributed by atoms with Crippen LogP contribution in [0.2, 0.25) is 0 Å². The number of aryl methyl sites for hydroxylation is 4. The zero-order chi connectivity index (χ0) is 23.0. The molecule has 1 aromatic carbocycles. The average Bonchev–Trinajstić information content (AvgIpc) is 3.30. The predicted octanol–water partition coefficient (Wildman–Crippen LogP) is 1.23. The van der Waals surface area contributed by atoms with E-state index in [0.29, 0.717) is 11.7 Å². The number of H-pyrrole nitrogens is 1. The van der Waals surface area contributed by atoms with Crippen LogP contribution < -0.4 is 16.0 Å². The minimum absolute atomic E-state index is 0.0209. The Kier molecular flexibility index (Phi) is 5.70. The summed E-state index contributed by atoms with van der Waals surface area (Å²) in [6.07, 6.45) is -0.0566. The van der Waals surface area contributed by atoms with Crippen LogP contribution in [0.1, 0.15) is 23.9 Å². The number of rotatable bonds is 7. The number of nitrogens with one attached hydrogen (secondary N) is 1. The number of aromatic nitrogens is 6. The van der Waals surface area contributed by atoms with Gasteiger partial charge in [-0.15, -0.1) is 0 Å². The van der Waals surface area contributed by atoms with Gasteiger partial charge in [-0.05, 0) is 44.0 Å². The Morgan fingerprint density at radius 1 is 1.22 bits per heavy atom. The lowest BCUT2D eigenvalue weighted by molar-refractivity contribution is 0.0931. The number of fused-ring (bicyclic) bond motifs is 1. The Labute approximate surface area is 183 Å². The lowest BCUT2D eigenvalue weighted by Gasteiger charge is -2.16. The van der Waals surface area contributed by atoms with Crippen LogP contribution >= 0.6 is 0 Å². The summed E-state index contributed by atoms with van der Waals surface area (Å²) in [7, 11) is 1.53. The monoisotopic (exact) mass is 438 g/mol. The SMILES string of the molecule is CCc1cccc(OCC(O)Cn2c(-n3nc(C)cc3C)nc3c2c(=O)[nH]c(=O)n3C)c1. The molecule has 10 nitrogen and oxygen atoms in total. The molecule has 3 aromatic heterocycles. The molecule has 0 saturated carbocycles. The molecule has 2 N–H and O–H groups in total. The van der Waals surface area contributed by atoms with E-state index < -0.39 is 17.4 Å². The molecular formula is C22H26N6O4. The molecule has 4 aromatic rings. The van der Waals surface area contributed by atoms with Crippen molar-refractivity contribution in [3.63, 3.8) is 0 Å². The summed E-state index contributed by atoms with van der Waals surface area (Å²) in [5, 5.41) is 15.2. The molecule has 168 valence electrons. The van der Waals surface area contributed by atoms with Gasteiger partial charge in [0.25, 0.3) is 5.56 Å². The van der Waals surface area contributed by atoms with E-state index in [-0.39, 0.29) is 24.3 Å². The summed E-state index contributed by atoms with van der Waals surface area (Å²) in [6, 6.07) is 9.57. The topological polar surface area (TPSA) is 120 Å². The second kappa shape index (κ2) is 8.46. The Morgan fingerprint density at radius 3 is 2.69 bits per heavy atom. The van der Waals surface area contributed by atoms with Gasteiger partial charge in [-0.2, -0.15) is 10.1 Å². The van der Waals surface area contributed by atoms with Crippen LogP contribution in [-0.4, -0.2) is 46.7 Å². The highest BCUT2D eigenvalue weighted by molar-refractivity contribution is 5.72. The minimum Gasteiger partial charge on any atom is -0.491 e. The van der Waals surface area contributed by atoms with Crippen molar-refractivity contribution in [3.05, 3.63) is 68.1 Å². The van der Waals surface area contributed by atoms with Crippen molar-refractivity contribution in [2.24, 2.45) is 7.05 Å². The van der Waals surface area contributed by atoms with Gasteiger partial charge in [-0.3, -0.25) is 18.9 Å². The third kappa shape index (κ3) is 3.96. The molecule has 0 fully saturated rings. The summed E-state index contributed by atoms with van der Waals surface area (Å²) < 4.78 is 10.2. The maximum atomic E-state index is 12.7. The highest BCUT2D eigenvalue weighted by Gasteiger charge is 2.22. The van der Waals surface area contributed by atoms with Crippen molar-refractivity contribution < 1.29 is 9.84 Å². The molecule has 0 aliphatic rings. The Morgan fingerprint density at radius 2 is 2.00 bits per heavy atom. The minimum atomic E-state index is -0.940. The van der Waals surface area contributed by atoms with Crippen LogP contribution in [0.15, 0.2) is 39.9 Å². The van der Waals surface area contributed by atoms with E-state index in [1.54, 1.807) is 9.25 Å². The number of aliphatic hydroxyl groups excluding tert-OH is 1. The second-order valence-electron chi connectivity index (χ2n) is 7.82. The number of aromatic amines is 1. The Hall–Kier alpha value is -3.66. The molecule has 0 radical (unpaired) electrons. The third-order valence-corrected chi connectivity index (χ3v) is 5.33. The van der Waals surface area contributed by atoms with E-state index in [9.17, 15) is 14.7 Å². The van der Waals surface area contributed by atoms with Gasteiger partial charge in [0, 0.05) is 12.7 Å². The van der Waals surface area contributed by atoms with Crippen molar-refractivity contribution in [2.75, 3.05) is 6.61 Å². The molecule has 0 amide bonds. The van der Waals surface area contributed by atoms with Gasteiger partial charge in [0.1, 0.15) is 18.5 Å². The molecule has 1 unspecified atom stereocenters. The van der Waals surface area contributed by atoms with Gasteiger partial charge in [0.2, 0.25) is 5.95 Å². The molecule has 10 heteroatoms. The van der Waals surface area contributed by atoms with Crippen LogP contribution in [0.3, 0.4) is 0 Å². The van der Waals surface area contributed by atoms with Gasteiger partial charge < -0.3 is 9.84 Å². The second-order valence-corrected chi connectivity index (χ2v) is 7.82. The zero-order valence-corrected chi connectivity index (χ0v) is 18.5. The van der Waals surface area contributed by atoms with Crippen molar-refractivity contribution in [1.29, 1.82) is 0 Å². The summed E-state index contributed by atoms with van der Waals surface area (Å²) >= 11 is 0. The highest BCUT2D eigenvalue weighted by atomic mass is 16.5. The quantitative estimate of drug-likeness (QED) is 0.448. The molecule has 1 atom stereocenters. The summed E-state index contributed by atoms with van der Waals surface area (Å²) in [5.41, 5.74) is 1.98. The van der Waals surface area contributed by atoms with Crippen molar-refractivity contribution in [1.82, 2.24) is 28.9 Å². The average molecular weight is 438 g/mol. The number of hydrogen-bond donors (Lipinski definition) is 2. The van der Waals surface area contributed by atoms with Gasteiger partial charge in [-0.25, -0.2) is 9.48 Å². The van der Waals surface area contributed by atoms with E-state index in [4.69, 9.17) is 4.74 Å². The van der Waals surface area contributed by atoms with Crippen molar-refractivity contribution >= 4 is 11.2 Å². The summed E-state index contributed by atoms with van der Waals surface area (Å²) in [5.74, 6) is 1.00. The normalized spacial score (nSPS) is 12.4. The first-order valence-electron chi connectivity index (χ1n) is 10.4. The smallest absolute Gasteiger partial charge is 0.329 e. The van der Waals surface area contributed by atoms with Gasteiger partial charge in [0.15, 0.2) is 11.2 Å². The fourth-order valence-electron chi connectivity index (χ4n) is 3.70. The van der Waals surface area contributed by atoms with Gasteiger partial charge in [-0.1, -0.05) is 19.1 Å². The van der Waals surface area contributed by atoms with Crippen LogP contribution in [0.25, 0.3) is 17.1 Å². The number of aliphatic hydroxyl groups is 1. The van der Waals surface area contributed by atoms with Gasteiger partial charge in [0.05, 0.1) is 12.2 Å². The first-order chi connectivity index (χ1) is 15.3. The lowest BCUT2D eigenvalue weighted by Crippen LogP contribution is -2.31. The highest BCUT2D eigenvalue weighted by Crippen LogP contribution is 2.19. The summed E-state index contributed by atoms with van der Waals surface area (Å²) in [6.45, 7) is 5.83. The van der Waals surface area contributed by atoms with E-state index in [1.165, 1.54) is 11.6 Å². The van der Waals surface area contributed by atoms with E-state index in [1.807, 2.05) is 44.2 Å². The molecule has 0 bridgehead atoms. The van der Waals surface area contributed by atoms with E-state index in [0.717, 1.165) is 23.4 Å². The maximum absolute atomic E-state index is 12.7. The molecular weight excluding hydrogens is 412 g/mol. The number of imidazole rings is 1. The fourth-order valence-corrected chi connectivity index (χ4v) is 3.70. The van der Waals surface area contributed by atoms with E-state index >= 15 is 0 Å². The number of ether oxygens (including phenoxy) is 1. The first-order valence-corrected chi connectivity index (χ1v) is 10.4. The number of hydrogen-bond acceptors (Lipinski definition) is 6. The maximum Gasteiger partial charge on any atom is 0.329 e. The third-order valence-electron chi connectivity index (χ3n) is 5.33. The van der Waals surface area contributed by atoms with Gasteiger partial charge >= 0.3 is 5.69 Å². The van der Waals surface area contributed by atoms with Crippen molar-refractivity contribution in [2.45, 2.75) is 39.8 Å². The molecule has 32 heavy (non-hydrogen) atoms. The van der Waals surface area contributed by atoms with Crippen LogP contribution in [0.4, 0.5) is 0 Å². The van der Waals surface area contributed by atoms with Crippen LogP contribution in [-0.2, 0) is 20.0 Å². The number of nitrogens with zero attached hydrogens (tertiary/aromatic N) is 5. The molecule has 0 saturated heterocycles. The lowest BCUT2D eigenvalue weighted by atomic mass is 10.2. The van der Waals surface area contributed by atoms with Crippen LogP contribution in [0, 0.1) is 13.8 Å². The molecule has 0 aliphatic carbocycles. The number of benzene rings is 1. The largest absolute Gasteiger partial charge is 0.491 e. The van der Waals surface area contributed by atoms with Crippen LogP contribution in [0.5, 0.6) is 5.75 Å². The first kappa shape index (κ1) is 21.6. The Bertz CT molecular complexity index is 1390. The zero-order valence-electron chi connectivity index (χ0n) is 18.5. The summed E-state index contributed by atoms with van der Waals surface area (Å²) in [4.78, 5) is 31.6. The molecule has 3 heterocycles. The van der Waals surface area contributed by atoms with E-state index in [2.05, 4.69) is 22.0 Å². The Balaban J connectivity index is 1.72. The molecule has 4 rings (SSSR count). The standard InChI is InChI=1S/C22H26N6O4/c1-5-15-7-6-8-17(10-15)32-12-16(29)11-27-18-19(26(4)22(31)24-20(18)30)23-21(27)28-14(3)9-13(2)25-28/h6-10,16,29H,5,11-12H2,1-4H3,(H,24,30,31). The fraction of sp³-hybridized carbons (Fsp3) is 0.364. The molecule has 0 spiro atoms. The predicted molar refractivity (Wildman–Crippen MR) is 120 cm³/mol.